The van der Waals surface area contributed by atoms with Crippen molar-refractivity contribution in [3.63, 3.8) is 0 Å². The molecule has 7 heteroatoms. The van der Waals surface area contributed by atoms with Crippen LogP contribution in [-0.4, -0.2) is 38.9 Å². The molecule has 0 aliphatic carbocycles. The molecule has 0 bridgehead atoms. The molecule has 0 amide bonds. The quantitative estimate of drug-likeness (QED) is 0.893. The van der Waals surface area contributed by atoms with Gasteiger partial charge in [-0.25, -0.2) is 17.2 Å². The van der Waals surface area contributed by atoms with Gasteiger partial charge < -0.3 is 4.90 Å². The molecule has 0 saturated carbocycles. The molecular formula is C17H19F2N2O2S+. The Morgan fingerprint density at radius 3 is 2.08 bits per heavy atom. The monoisotopic (exact) mass is 353 g/mol. The molecule has 0 atom stereocenters. The van der Waals surface area contributed by atoms with Crippen molar-refractivity contribution in [1.82, 2.24) is 4.31 Å². The van der Waals surface area contributed by atoms with Gasteiger partial charge in [-0.1, -0.05) is 36.4 Å². The number of quaternary nitrogens is 1. The fraction of sp³-hybridized carbons (Fsp3) is 0.294. The van der Waals surface area contributed by atoms with Crippen molar-refractivity contribution in [2.45, 2.75) is 11.4 Å². The summed E-state index contributed by atoms with van der Waals surface area (Å²) in [5.74, 6) is -2.09. The lowest BCUT2D eigenvalue weighted by Gasteiger charge is -2.31. The highest BCUT2D eigenvalue weighted by Crippen LogP contribution is 2.22. The number of hydrogen-bond acceptors (Lipinski definition) is 2. The van der Waals surface area contributed by atoms with Gasteiger partial charge in [0, 0.05) is 5.56 Å². The third-order valence-corrected chi connectivity index (χ3v) is 6.19. The van der Waals surface area contributed by atoms with E-state index < -0.39 is 26.6 Å². The number of sulfonamides is 1. The van der Waals surface area contributed by atoms with Crippen LogP contribution in [0.4, 0.5) is 8.78 Å². The second kappa shape index (κ2) is 6.96. The molecule has 1 aliphatic heterocycles. The van der Waals surface area contributed by atoms with Gasteiger partial charge in [0.15, 0.2) is 4.90 Å². The van der Waals surface area contributed by atoms with E-state index in [0.717, 1.165) is 24.7 Å². The predicted octanol–water partition coefficient (Wildman–Crippen LogP) is 1.05. The van der Waals surface area contributed by atoms with Gasteiger partial charge in [-0.15, -0.1) is 0 Å². The SMILES string of the molecule is O=S(=O)(c1c(F)cccc1F)N1CC[NH+](Cc2ccccc2)CC1. The minimum atomic E-state index is -4.15. The Morgan fingerprint density at radius 1 is 0.917 bits per heavy atom. The predicted molar refractivity (Wildman–Crippen MR) is 86.0 cm³/mol. The summed E-state index contributed by atoms with van der Waals surface area (Å²) in [5.41, 5.74) is 1.18. The molecule has 3 rings (SSSR count). The number of hydrogen-bond donors (Lipinski definition) is 1. The molecule has 1 heterocycles. The highest BCUT2D eigenvalue weighted by atomic mass is 32.2. The summed E-state index contributed by atoms with van der Waals surface area (Å²) in [4.78, 5) is 0.401. The molecule has 4 nitrogen and oxygen atoms in total. The molecule has 0 spiro atoms. The summed E-state index contributed by atoms with van der Waals surface area (Å²) < 4.78 is 53.9. The molecule has 1 aliphatic rings. The van der Waals surface area contributed by atoms with Crippen molar-refractivity contribution in [3.8, 4) is 0 Å². The minimum absolute atomic E-state index is 0.248. The van der Waals surface area contributed by atoms with Crippen LogP contribution < -0.4 is 4.90 Å². The molecule has 2 aromatic carbocycles. The summed E-state index contributed by atoms with van der Waals surface area (Å²) in [7, 11) is -4.15. The van der Waals surface area contributed by atoms with E-state index in [4.69, 9.17) is 0 Å². The first-order chi connectivity index (χ1) is 11.5. The Labute approximate surface area is 140 Å². The second-order valence-electron chi connectivity index (χ2n) is 5.87. The maximum Gasteiger partial charge on any atom is 0.249 e. The molecule has 0 aromatic heterocycles. The van der Waals surface area contributed by atoms with Crippen LogP contribution in [0.2, 0.25) is 0 Å². The van der Waals surface area contributed by atoms with E-state index in [2.05, 4.69) is 0 Å². The van der Waals surface area contributed by atoms with E-state index in [9.17, 15) is 17.2 Å². The first-order valence-corrected chi connectivity index (χ1v) is 9.24. The van der Waals surface area contributed by atoms with Crippen molar-refractivity contribution >= 4 is 10.0 Å². The molecule has 2 aromatic rings. The summed E-state index contributed by atoms with van der Waals surface area (Å²) in [6.45, 7) is 2.51. The zero-order chi connectivity index (χ0) is 17.2. The fourth-order valence-electron chi connectivity index (χ4n) is 2.96. The van der Waals surface area contributed by atoms with Crippen LogP contribution in [0.15, 0.2) is 53.4 Å². The molecule has 1 fully saturated rings. The second-order valence-corrected chi connectivity index (χ2v) is 7.74. The average Bonchev–Trinajstić information content (AvgIpc) is 2.56. The van der Waals surface area contributed by atoms with Gasteiger partial charge in [-0.3, -0.25) is 0 Å². The molecule has 1 N–H and O–H groups in total. The van der Waals surface area contributed by atoms with Crippen molar-refractivity contribution in [2.75, 3.05) is 26.2 Å². The zero-order valence-electron chi connectivity index (χ0n) is 13.1. The lowest BCUT2D eigenvalue weighted by molar-refractivity contribution is -0.917. The largest absolute Gasteiger partial charge is 0.329 e. The maximum atomic E-state index is 13.8. The van der Waals surface area contributed by atoms with Crippen molar-refractivity contribution in [1.29, 1.82) is 0 Å². The summed E-state index contributed by atoms with van der Waals surface area (Å²) in [6.07, 6.45) is 0. The van der Waals surface area contributed by atoms with Gasteiger partial charge >= 0.3 is 0 Å². The van der Waals surface area contributed by atoms with Crippen LogP contribution in [-0.2, 0) is 16.6 Å². The van der Waals surface area contributed by atoms with E-state index in [0.29, 0.717) is 13.1 Å². The fourth-order valence-corrected chi connectivity index (χ4v) is 4.51. The number of nitrogens with zero attached hydrogens (tertiary/aromatic N) is 1. The third kappa shape index (κ3) is 3.48. The molecule has 0 radical (unpaired) electrons. The van der Waals surface area contributed by atoms with E-state index >= 15 is 0 Å². The van der Waals surface area contributed by atoms with Crippen LogP contribution in [0, 0.1) is 11.6 Å². The van der Waals surface area contributed by atoms with Crippen molar-refractivity contribution in [2.24, 2.45) is 0 Å². The number of rotatable bonds is 4. The van der Waals surface area contributed by atoms with Gasteiger partial charge in [0.1, 0.15) is 18.2 Å². The van der Waals surface area contributed by atoms with Crippen LogP contribution in [0.25, 0.3) is 0 Å². The van der Waals surface area contributed by atoms with E-state index in [-0.39, 0.29) is 13.1 Å². The van der Waals surface area contributed by atoms with Crippen LogP contribution >= 0.6 is 0 Å². The standard InChI is InChI=1S/C17H18F2N2O2S/c18-15-7-4-8-16(19)17(15)24(22,23)21-11-9-20(10-12-21)13-14-5-2-1-3-6-14/h1-8H,9-13H2/p+1. The van der Waals surface area contributed by atoms with Gasteiger partial charge in [-0.2, -0.15) is 4.31 Å². The van der Waals surface area contributed by atoms with E-state index in [1.165, 1.54) is 14.8 Å². The lowest BCUT2D eigenvalue weighted by atomic mass is 10.2. The maximum absolute atomic E-state index is 13.8. The molecular weight excluding hydrogens is 334 g/mol. The Balaban J connectivity index is 1.70. The van der Waals surface area contributed by atoms with Crippen LogP contribution in [0.3, 0.4) is 0 Å². The summed E-state index contributed by atoms with van der Waals surface area (Å²) in [6, 6.07) is 13.0. The number of nitrogens with one attached hydrogen (secondary N) is 1. The highest BCUT2D eigenvalue weighted by molar-refractivity contribution is 7.89. The normalized spacial score (nSPS) is 17.1. The van der Waals surface area contributed by atoms with Crippen LogP contribution in [0.5, 0.6) is 0 Å². The zero-order valence-corrected chi connectivity index (χ0v) is 13.9. The Kier molecular flexibility index (Phi) is 4.93. The Hall–Kier alpha value is -1.83. The van der Waals surface area contributed by atoms with Crippen LogP contribution in [0.1, 0.15) is 5.56 Å². The van der Waals surface area contributed by atoms with Gasteiger partial charge in [-0.05, 0) is 12.1 Å². The van der Waals surface area contributed by atoms with Crippen molar-refractivity contribution < 1.29 is 22.1 Å². The summed E-state index contributed by atoms with van der Waals surface area (Å²) in [5, 5.41) is 0. The minimum Gasteiger partial charge on any atom is -0.329 e. The molecule has 1 saturated heterocycles. The first-order valence-electron chi connectivity index (χ1n) is 7.80. The molecule has 128 valence electrons. The number of piperazine rings is 1. The third-order valence-electron chi connectivity index (χ3n) is 4.24. The number of halogens is 2. The van der Waals surface area contributed by atoms with Gasteiger partial charge in [0.05, 0.1) is 26.2 Å². The first kappa shape index (κ1) is 17.0. The van der Waals surface area contributed by atoms with Gasteiger partial charge in [0.2, 0.25) is 10.0 Å². The molecule has 24 heavy (non-hydrogen) atoms. The lowest BCUT2D eigenvalue weighted by Crippen LogP contribution is -3.13. The number of benzene rings is 2. The smallest absolute Gasteiger partial charge is 0.249 e. The Bertz CT molecular complexity index is 784. The van der Waals surface area contributed by atoms with Crippen molar-refractivity contribution in [3.05, 3.63) is 65.7 Å². The van der Waals surface area contributed by atoms with E-state index in [1.54, 1.807) is 0 Å². The van der Waals surface area contributed by atoms with Gasteiger partial charge in [0.25, 0.3) is 0 Å². The molecule has 0 unspecified atom stereocenters. The Morgan fingerprint density at radius 2 is 1.50 bits per heavy atom. The highest BCUT2D eigenvalue weighted by Gasteiger charge is 2.34. The average molecular weight is 353 g/mol. The van der Waals surface area contributed by atoms with E-state index in [1.807, 2.05) is 30.3 Å². The summed E-state index contributed by atoms with van der Waals surface area (Å²) >= 11 is 0. The topological polar surface area (TPSA) is 41.8 Å².